The summed E-state index contributed by atoms with van der Waals surface area (Å²) in [4.78, 5) is 32.4. The molecule has 0 fully saturated rings. The number of carbonyl (C=O) groups excluding carboxylic acids is 2. The highest BCUT2D eigenvalue weighted by Gasteiger charge is 2.31. The van der Waals surface area contributed by atoms with E-state index in [1.54, 1.807) is 48.2 Å². The topological polar surface area (TPSA) is 104 Å². The number of ether oxygens (including phenoxy) is 3. The third kappa shape index (κ3) is 9.00. The van der Waals surface area contributed by atoms with Crippen molar-refractivity contribution in [3.8, 4) is 11.5 Å². The lowest BCUT2D eigenvalue weighted by molar-refractivity contribution is -0.0115. The molecule has 232 valence electrons. The van der Waals surface area contributed by atoms with Gasteiger partial charge in [-0.2, -0.15) is 0 Å². The van der Waals surface area contributed by atoms with Crippen molar-refractivity contribution in [3.05, 3.63) is 48.0 Å². The average Bonchev–Trinajstić information content (AvgIpc) is 2.98. The second-order valence-electron chi connectivity index (χ2n) is 11.4. The number of nitrogens with one attached hydrogen (secondary N) is 1. The number of aliphatic hydroxyl groups is 1. The third-order valence-electron chi connectivity index (χ3n) is 7.69. The number of likely N-dealkylation sites (N-methyl/N-ethyl adjacent to an activating group) is 1. The minimum absolute atomic E-state index is 0.0871. The standard InChI is InChI=1S/C32H48N4O6/c1-22-19-36(23(2)21-37)31(38)28-18-26(34(4)5)13-16-29(28)42-24(3)10-8-9-17-41-30(22)20-35(6)32(39)33-25-11-14-27(40-7)15-12-25/h11-16,18,22-24,30,37H,8-10,17,19-21H2,1-7H3,(H,33,39)/t22-,23-,24+,30-/m0/s1. The molecule has 4 atom stereocenters. The van der Waals surface area contributed by atoms with Crippen LogP contribution in [0.15, 0.2) is 42.5 Å². The van der Waals surface area contributed by atoms with E-state index in [4.69, 9.17) is 14.2 Å². The fraction of sp³-hybridized carbons (Fsp3) is 0.562. The van der Waals surface area contributed by atoms with Gasteiger partial charge in [0.2, 0.25) is 0 Å². The minimum atomic E-state index is -0.433. The van der Waals surface area contributed by atoms with Crippen molar-refractivity contribution in [1.82, 2.24) is 9.80 Å². The van der Waals surface area contributed by atoms with E-state index in [1.807, 2.05) is 58.0 Å². The van der Waals surface area contributed by atoms with Gasteiger partial charge in [0, 0.05) is 58.1 Å². The van der Waals surface area contributed by atoms with Gasteiger partial charge >= 0.3 is 6.03 Å². The molecule has 0 bridgehead atoms. The number of anilines is 2. The number of aliphatic hydroxyl groups excluding tert-OH is 1. The smallest absolute Gasteiger partial charge is 0.321 e. The Morgan fingerprint density at radius 3 is 2.50 bits per heavy atom. The summed E-state index contributed by atoms with van der Waals surface area (Å²) >= 11 is 0. The largest absolute Gasteiger partial charge is 0.497 e. The van der Waals surface area contributed by atoms with Crippen molar-refractivity contribution in [3.63, 3.8) is 0 Å². The van der Waals surface area contributed by atoms with Crippen LogP contribution in [0.5, 0.6) is 11.5 Å². The molecule has 10 heteroatoms. The van der Waals surface area contributed by atoms with Crippen LogP contribution in [0.1, 0.15) is 50.4 Å². The Balaban J connectivity index is 1.86. The zero-order chi connectivity index (χ0) is 30.8. The van der Waals surface area contributed by atoms with Gasteiger partial charge in [-0.25, -0.2) is 4.79 Å². The Kier molecular flexibility index (Phi) is 12.3. The second kappa shape index (κ2) is 15.7. The van der Waals surface area contributed by atoms with Gasteiger partial charge in [-0.3, -0.25) is 4.79 Å². The van der Waals surface area contributed by atoms with Crippen LogP contribution in [-0.2, 0) is 4.74 Å². The molecule has 2 aromatic rings. The average molecular weight is 585 g/mol. The van der Waals surface area contributed by atoms with Crippen LogP contribution in [0, 0.1) is 5.92 Å². The Morgan fingerprint density at radius 1 is 1.14 bits per heavy atom. The van der Waals surface area contributed by atoms with Crippen molar-refractivity contribution in [1.29, 1.82) is 0 Å². The first-order chi connectivity index (χ1) is 20.0. The van der Waals surface area contributed by atoms with Gasteiger partial charge in [-0.15, -0.1) is 0 Å². The highest BCUT2D eigenvalue weighted by molar-refractivity contribution is 5.98. The molecule has 0 aromatic heterocycles. The Labute approximate surface area is 250 Å². The molecule has 10 nitrogen and oxygen atoms in total. The number of benzene rings is 2. The van der Waals surface area contributed by atoms with E-state index < -0.39 is 6.04 Å². The first kappa shape index (κ1) is 33.0. The normalized spacial score (nSPS) is 20.9. The number of urea groups is 1. The van der Waals surface area contributed by atoms with E-state index in [1.165, 1.54) is 0 Å². The first-order valence-corrected chi connectivity index (χ1v) is 14.7. The van der Waals surface area contributed by atoms with Crippen molar-refractivity contribution in [2.75, 3.05) is 64.8 Å². The Bertz CT molecular complexity index is 1160. The molecule has 0 saturated carbocycles. The maximum Gasteiger partial charge on any atom is 0.321 e. The zero-order valence-corrected chi connectivity index (χ0v) is 26.1. The number of rotatable bonds is 7. The monoisotopic (exact) mass is 584 g/mol. The van der Waals surface area contributed by atoms with Gasteiger partial charge in [0.15, 0.2) is 0 Å². The van der Waals surface area contributed by atoms with E-state index in [0.29, 0.717) is 42.4 Å². The highest BCUT2D eigenvalue weighted by atomic mass is 16.5. The van der Waals surface area contributed by atoms with Crippen molar-refractivity contribution in [2.24, 2.45) is 5.92 Å². The van der Waals surface area contributed by atoms with Gasteiger partial charge < -0.3 is 39.3 Å². The van der Waals surface area contributed by atoms with Gasteiger partial charge in [-0.05, 0) is 75.6 Å². The van der Waals surface area contributed by atoms with Gasteiger partial charge in [0.1, 0.15) is 11.5 Å². The number of hydrogen-bond acceptors (Lipinski definition) is 7. The minimum Gasteiger partial charge on any atom is -0.497 e. The van der Waals surface area contributed by atoms with Crippen LogP contribution in [0.25, 0.3) is 0 Å². The quantitative estimate of drug-likeness (QED) is 0.485. The Hall–Kier alpha value is -3.50. The molecule has 3 amide bonds. The van der Waals surface area contributed by atoms with Crippen LogP contribution in [0.3, 0.4) is 0 Å². The predicted molar refractivity (Wildman–Crippen MR) is 166 cm³/mol. The molecule has 1 heterocycles. The molecule has 1 aliphatic rings. The molecule has 0 unspecified atom stereocenters. The molecule has 2 N–H and O–H groups in total. The number of hydrogen-bond donors (Lipinski definition) is 2. The van der Waals surface area contributed by atoms with Crippen molar-refractivity contribution in [2.45, 2.75) is 58.3 Å². The summed E-state index contributed by atoms with van der Waals surface area (Å²) in [6.45, 7) is 6.87. The van der Waals surface area contributed by atoms with Gasteiger partial charge in [0.25, 0.3) is 5.91 Å². The number of carbonyl (C=O) groups is 2. The second-order valence-corrected chi connectivity index (χ2v) is 11.4. The summed E-state index contributed by atoms with van der Waals surface area (Å²) in [5.41, 5.74) is 2.01. The number of amides is 3. The van der Waals surface area contributed by atoms with Crippen molar-refractivity contribution >= 4 is 23.3 Å². The van der Waals surface area contributed by atoms with Crippen LogP contribution < -0.4 is 19.7 Å². The fourth-order valence-electron chi connectivity index (χ4n) is 4.90. The number of fused-ring (bicyclic) bond motifs is 1. The van der Waals surface area contributed by atoms with E-state index in [9.17, 15) is 14.7 Å². The lowest BCUT2D eigenvalue weighted by Crippen LogP contribution is -2.48. The fourth-order valence-corrected chi connectivity index (χ4v) is 4.90. The van der Waals surface area contributed by atoms with Gasteiger partial charge in [0.05, 0.1) is 37.5 Å². The summed E-state index contributed by atoms with van der Waals surface area (Å²) in [5, 5.41) is 13.0. The van der Waals surface area contributed by atoms with E-state index in [2.05, 4.69) is 5.32 Å². The van der Waals surface area contributed by atoms with Crippen LogP contribution >= 0.6 is 0 Å². The molecular formula is C32H48N4O6. The third-order valence-corrected chi connectivity index (χ3v) is 7.69. The predicted octanol–water partition coefficient (Wildman–Crippen LogP) is 4.72. The van der Waals surface area contributed by atoms with E-state index in [0.717, 1.165) is 24.9 Å². The number of nitrogens with zero attached hydrogens (tertiary/aromatic N) is 3. The number of methoxy groups -OCH3 is 1. The summed E-state index contributed by atoms with van der Waals surface area (Å²) in [6.07, 6.45) is 2.15. The molecule has 1 aliphatic heterocycles. The van der Waals surface area contributed by atoms with E-state index in [-0.39, 0.29) is 36.7 Å². The van der Waals surface area contributed by atoms with Crippen LogP contribution in [-0.4, -0.2) is 99.7 Å². The maximum atomic E-state index is 14.1. The van der Waals surface area contributed by atoms with Crippen LogP contribution in [0.4, 0.5) is 16.2 Å². The molecule has 0 spiro atoms. The van der Waals surface area contributed by atoms with Gasteiger partial charge in [-0.1, -0.05) is 6.92 Å². The summed E-state index contributed by atoms with van der Waals surface area (Å²) in [7, 11) is 7.19. The zero-order valence-electron chi connectivity index (χ0n) is 26.1. The first-order valence-electron chi connectivity index (χ1n) is 14.7. The highest BCUT2D eigenvalue weighted by Crippen LogP contribution is 2.29. The molecule has 42 heavy (non-hydrogen) atoms. The molecule has 3 rings (SSSR count). The van der Waals surface area contributed by atoms with E-state index >= 15 is 0 Å². The van der Waals surface area contributed by atoms with Crippen molar-refractivity contribution < 1.29 is 28.9 Å². The lowest BCUT2D eigenvalue weighted by atomic mass is 10.0. The summed E-state index contributed by atoms with van der Waals surface area (Å²) < 4.78 is 17.8. The summed E-state index contributed by atoms with van der Waals surface area (Å²) in [6, 6.07) is 12.1. The molecule has 0 saturated heterocycles. The van der Waals surface area contributed by atoms with Crippen LogP contribution in [0.2, 0.25) is 0 Å². The Morgan fingerprint density at radius 2 is 1.86 bits per heavy atom. The molecule has 2 aromatic carbocycles. The SMILES string of the molecule is COc1ccc(NC(=O)N(C)C[C@@H]2OCCCC[C@@H](C)Oc3ccc(N(C)C)cc3C(=O)N([C@@H](C)CO)C[C@@H]2C)cc1. The lowest BCUT2D eigenvalue weighted by Gasteiger charge is -2.36. The molecular weight excluding hydrogens is 536 g/mol. The molecule has 0 aliphatic carbocycles. The molecule has 0 radical (unpaired) electrons. The maximum absolute atomic E-state index is 14.1. The summed E-state index contributed by atoms with van der Waals surface area (Å²) in [5.74, 6) is 0.903.